The van der Waals surface area contributed by atoms with Crippen LogP contribution in [0.5, 0.6) is 0 Å². The highest BCUT2D eigenvalue weighted by molar-refractivity contribution is 6.33. The normalized spacial score (nSPS) is 11.7. The molecular weight excluding hydrogens is 280 g/mol. The van der Waals surface area contributed by atoms with Crippen LogP contribution in [0.1, 0.15) is 63.3 Å². The molecule has 0 radical (unpaired) electrons. The van der Waals surface area contributed by atoms with Gasteiger partial charge in [0, 0.05) is 12.1 Å². The highest BCUT2D eigenvalue weighted by Crippen LogP contribution is 2.36. The summed E-state index contributed by atoms with van der Waals surface area (Å²) >= 11 is 6.63. The molecule has 21 heavy (non-hydrogen) atoms. The van der Waals surface area contributed by atoms with Crippen LogP contribution >= 0.6 is 11.6 Å². The SMILES string of the molecule is CCn1nc(-c2ccc(C(C)C)cc2C)c(Cl)c1C(C)C. The molecule has 3 heteroatoms. The van der Waals surface area contributed by atoms with E-state index < -0.39 is 0 Å². The van der Waals surface area contributed by atoms with Crippen LogP contribution in [0.15, 0.2) is 18.2 Å². The van der Waals surface area contributed by atoms with Crippen molar-refractivity contribution in [1.29, 1.82) is 0 Å². The molecule has 0 aliphatic heterocycles. The molecule has 2 nitrogen and oxygen atoms in total. The van der Waals surface area contributed by atoms with Crippen LogP contribution in [0.25, 0.3) is 11.3 Å². The monoisotopic (exact) mass is 304 g/mol. The van der Waals surface area contributed by atoms with Crippen molar-refractivity contribution < 1.29 is 0 Å². The van der Waals surface area contributed by atoms with Gasteiger partial charge in [0.1, 0.15) is 5.69 Å². The molecule has 1 aromatic carbocycles. The minimum Gasteiger partial charge on any atom is -0.267 e. The first-order valence-corrected chi connectivity index (χ1v) is 8.11. The van der Waals surface area contributed by atoms with Gasteiger partial charge in [0.2, 0.25) is 0 Å². The topological polar surface area (TPSA) is 17.8 Å². The summed E-state index contributed by atoms with van der Waals surface area (Å²) in [5.74, 6) is 0.904. The van der Waals surface area contributed by atoms with E-state index in [2.05, 4.69) is 59.7 Å². The molecule has 0 spiro atoms. The Kier molecular flexibility index (Phi) is 4.77. The summed E-state index contributed by atoms with van der Waals surface area (Å²) in [6.45, 7) is 13.8. The third kappa shape index (κ3) is 3.01. The number of hydrogen-bond acceptors (Lipinski definition) is 1. The van der Waals surface area contributed by atoms with Gasteiger partial charge in [-0.25, -0.2) is 0 Å². The first-order valence-electron chi connectivity index (χ1n) is 7.73. The van der Waals surface area contributed by atoms with Gasteiger partial charge in [0.25, 0.3) is 0 Å². The number of hydrogen-bond donors (Lipinski definition) is 0. The third-order valence-electron chi connectivity index (χ3n) is 3.95. The van der Waals surface area contributed by atoms with Crippen molar-refractivity contribution in [2.75, 3.05) is 0 Å². The lowest BCUT2D eigenvalue weighted by Crippen LogP contribution is -2.04. The molecule has 0 atom stereocenters. The maximum absolute atomic E-state index is 6.63. The fourth-order valence-electron chi connectivity index (χ4n) is 2.73. The number of aromatic nitrogens is 2. The predicted molar refractivity (Wildman–Crippen MR) is 91.3 cm³/mol. The van der Waals surface area contributed by atoms with Gasteiger partial charge in [0.15, 0.2) is 0 Å². The lowest BCUT2D eigenvalue weighted by atomic mass is 9.96. The zero-order valence-electron chi connectivity index (χ0n) is 13.9. The van der Waals surface area contributed by atoms with Crippen LogP contribution in [-0.2, 0) is 6.54 Å². The summed E-state index contributed by atoms with van der Waals surface area (Å²) in [4.78, 5) is 0. The molecule has 0 saturated heterocycles. The number of rotatable bonds is 4. The van der Waals surface area contributed by atoms with E-state index in [1.807, 2.05) is 4.68 Å². The van der Waals surface area contributed by atoms with E-state index in [0.717, 1.165) is 28.5 Å². The average Bonchev–Trinajstić information content (AvgIpc) is 2.75. The minimum absolute atomic E-state index is 0.369. The van der Waals surface area contributed by atoms with Gasteiger partial charge in [0.05, 0.1) is 10.7 Å². The predicted octanol–water partition coefficient (Wildman–Crippen LogP) is 5.78. The highest BCUT2D eigenvalue weighted by atomic mass is 35.5. The summed E-state index contributed by atoms with van der Waals surface area (Å²) in [6, 6.07) is 6.59. The molecule has 0 unspecified atom stereocenters. The summed E-state index contributed by atoms with van der Waals surface area (Å²) in [6.07, 6.45) is 0. The number of halogens is 1. The van der Waals surface area contributed by atoms with E-state index in [-0.39, 0.29) is 0 Å². The summed E-state index contributed by atoms with van der Waals surface area (Å²) in [5.41, 5.74) is 5.76. The Morgan fingerprint density at radius 2 is 1.81 bits per heavy atom. The third-order valence-corrected chi connectivity index (χ3v) is 4.32. The van der Waals surface area contributed by atoms with Crippen molar-refractivity contribution in [3.8, 4) is 11.3 Å². The second kappa shape index (κ2) is 6.23. The van der Waals surface area contributed by atoms with E-state index in [0.29, 0.717) is 11.8 Å². The van der Waals surface area contributed by atoms with Crippen molar-refractivity contribution in [2.24, 2.45) is 0 Å². The van der Waals surface area contributed by atoms with Gasteiger partial charge in [-0.2, -0.15) is 5.10 Å². The molecule has 2 aromatic rings. The Bertz CT molecular complexity index is 639. The molecule has 0 N–H and O–H groups in total. The summed E-state index contributed by atoms with van der Waals surface area (Å²) < 4.78 is 2.03. The molecule has 1 heterocycles. The van der Waals surface area contributed by atoms with Crippen molar-refractivity contribution in [3.05, 3.63) is 40.0 Å². The smallest absolute Gasteiger partial charge is 0.111 e. The van der Waals surface area contributed by atoms with Gasteiger partial charge in [-0.3, -0.25) is 4.68 Å². The van der Waals surface area contributed by atoms with Crippen LogP contribution in [0.3, 0.4) is 0 Å². The molecular formula is C18H25ClN2. The lowest BCUT2D eigenvalue weighted by Gasteiger charge is -2.10. The van der Waals surface area contributed by atoms with E-state index in [1.54, 1.807) is 0 Å². The Morgan fingerprint density at radius 1 is 1.14 bits per heavy atom. The van der Waals surface area contributed by atoms with Crippen molar-refractivity contribution in [2.45, 2.75) is 59.9 Å². The molecule has 114 valence electrons. The van der Waals surface area contributed by atoms with Gasteiger partial charge >= 0.3 is 0 Å². The van der Waals surface area contributed by atoms with Gasteiger partial charge in [-0.15, -0.1) is 0 Å². The molecule has 0 aliphatic rings. The number of benzene rings is 1. The Hall–Kier alpha value is -1.28. The van der Waals surface area contributed by atoms with Crippen LogP contribution < -0.4 is 0 Å². The molecule has 1 aromatic heterocycles. The van der Waals surface area contributed by atoms with Crippen LogP contribution in [0, 0.1) is 6.92 Å². The Morgan fingerprint density at radius 3 is 2.24 bits per heavy atom. The van der Waals surface area contributed by atoms with Crippen LogP contribution in [0.4, 0.5) is 0 Å². The van der Waals surface area contributed by atoms with E-state index in [9.17, 15) is 0 Å². The molecule has 0 amide bonds. The summed E-state index contributed by atoms with van der Waals surface area (Å²) in [7, 11) is 0. The first-order chi connectivity index (χ1) is 9.86. The standard InChI is InChI=1S/C18H25ClN2/c1-7-21-18(12(4)5)16(19)17(20-21)15-9-8-14(11(2)3)10-13(15)6/h8-12H,7H2,1-6H3. The first kappa shape index (κ1) is 16.1. The van der Waals surface area contributed by atoms with Crippen molar-refractivity contribution in [3.63, 3.8) is 0 Å². The average molecular weight is 305 g/mol. The van der Waals surface area contributed by atoms with Gasteiger partial charge in [-0.05, 0) is 36.8 Å². The van der Waals surface area contributed by atoms with Crippen LogP contribution in [0.2, 0.25) is 5.02 Å². The van der Waals surface area contributed by atoms with Gasteiger partial charge < -0.3 is 0 Å². The maximum atomic E-state index is 6.63. The minimum atomic E-state index is 0.369. The zero-order chi connectivity index (χ0) is 15.7. The van der Waals surface area contributed by atoms with Gasteiger partial charge in [-0.1, -0.05) is 57.5 Å². The highest BCUT2D eigenvalue weighted by Gasteiger charge is 2.20. The fourth-order valence-corrected chi connectivity index (χ4v) is 3.18. The van der Waals surface area contributed by atoms with E-state index in [1.165, 1.54) is 11.1 Å². The summed E-state index contributed by atoms with van der Waals surface area (Å²) in [5, 5.41) is 5.54. The van der Waals surface area contributed by atoms with E-state index in [4.69, 9.17) is 16.7 Å². The largest absolute Gasteiger partial charge is 0.267 e. The zero-order valence-corrected chi connectivity index (χ0v) is 14.6. The molecule has 0 bridgehead atoms. The van der Waals surface area contributed by atoms with Crippen molar-refractivity contribution in [1.82, 2.24) is 9.78 Å². The second-order valence-corrected chi connectivity index (χ2v) is 6.63. The Labute approximate surface area is 133 Å². The second-order valence-electron chi connectivity index (χ2n) is 6.25. The lowest BCUT2D eigenvalue weighted by molar-refractivity contribution is 0.599. The van der Waals surface area contributed by atoms with E-state index >= 15 is 0 Å². The number of nitrogens with zero attached hydrogens (tertiary/aromatic N) is 2. The quantitative estimate of drug-likeness (QED) is 0.700. The number of aryl methyl sites for hydroxylation is 2. The Balaban J connectivity index is 2.57. The molecule has 2 rings (SSSR count). The van der Waals surface area contributed by atoms with Crippen LogP contribution in [-0.4, -0.2) is 9.78 Å². The molecule has 0 fully saturated rings. The maximum Gasteiger partial charge on any atom is 0.111 e. The molecule has 0 saturated carbocycles. The fraction of sp³-hybridized carbons (Fsp3) is 0.500. The molecule has 0 aliphatic carbocycles. The van der Waals surface area contributed by atoms with Crippen molar-refractivity contribution >= 4 is 11.6 Å².